The SMILES string of the molecule is CC/C=C\C/C=C\C/C=C\C/C=C\C/C=C\C/C=C\CCC(=O)OC(COC(=O)CCCCCCCCCCC/C=C\CCCCCCCC)COC(=O)CCCCCCCCCCCC/C=C\C/C=C\C/C=C\CCCCCCC. The highest BCUT2D eigenvalue weighted by Gasteiger charge is 2.19. The van der Waals surface area contributed by atoms with Gasteiger partial charge < -0.3 is 14.2 Å². The van der Waals surface area contributed by atoms with Gasteiger partial charge in [-0.1, -0.05) is 296 Å². The molecule has 0 rings (SSSR count). The Labute approximate surface area is 501 Å². The Balaban J connectivity index is 4.46. The third-order valence-electron chi connectivity index (χ3n) is 14.4. The zero-order chi connectivity index (χ0) is 58.5. The van der Waals surface area contributed by atoms with Crippen molar-refractivity contribution in [1.29, 1.82) is 0 Å². The van der Waals surface area contributed by atoms with E-state index in [4.69, 9.17) is 14.2 Å². The van der Waals surface area contributed by atoms with Gasteiger partial charge in [-0.25, -0.2) is 0 Å². The molecule has 0 saturated heterocycles. The van der Waals surface area contributed by atoms with E-state index in [-0.39, 0.29) is 31.6 Å². The molecule has 6 heteroatoms. The molecule has 0 aromatic heterocycles. The van der Waals surface area contributed by atoms with Gasteiger partial charge in [-0.15, -0.1) is 0 Å². The highest BCUT2D eigenvalue weighted by atomic mass is 16.6. The molecule has 0 aliphatic rings. The smallest absolute Gasteiger partial charge is 0.306 e. The molecule has 6 nitrogen and oxygen atoms in total. The first-order chi connectivity index (χ1) is 40.0. The van der Waals surface area contributed by atoms with Crippen molar-refractivity contribution in [2.24, 2.45) is 0 Å². The van der Waals surface area contributed by atoms with Crippen LogP contribution >= 0.6 is 0 Å². The van der Waals surface area contributed by atoms with Crippen molar-refractivity contribution >= 4 is 17.9 Å². The normalized spacial score (nSPS) is 12.9. The third-order valence-corrected chi connectivity index (χ3v) is 14.4. The molecule has 462 valence electrons. The second kappa shape index (κ2) is 68.3. The molecular weight excluding hydrogens is 997 g/mol. The maximum atomic E-state index is 12.9. The molecule has 0 radical (unpaired) electrons. The lowest BCUT2D eigenvalue weighted by molar-refractivity contribution is -0.166. The van der Waals surface area contributed by atoms with Crippen molar-refractivity contribution in [3.63, 3.8) is 0 Å². The first-order valence-electron chi connectivity index (χ1n) is 34.0. The number of ether oxygens (including phenoxy) is 3. The van der Waals surface area contributed by atoms with E-state index in [1.807, 2.05) is 6.08 Å². The van der Waals surface area contributed by atoms with Gasteiger partial charge in [0.25, 0.3) is 0 Å². The minimum Gasteiger partial charge on any atom is -0.462 e. The van der Waals surface area contributed by atoms with Crippen LogP contribution in [-0.4, -0.2) is 37.2 Å². The number of hydrogen-bond donors (Lipinski definition) is 0. The summed E-state index contributed by atoms with van der Waals surface area (Å²) in [7, 11) is 0. The van der Waals surface area contributed by atoms with Gasteiger partial charge >= 0.3 is 17.9 Å². The van der Waals surface area contributed by atoms with Gasteiger partial charge in [0, 0.05) is 19.3 Å². The molecule has 0 aliphatic heterocycles. The summed E-state index contributed by atoms with van der Waals surface area (Å²) >= 11 is 0. The van der Waals surface area contributed by atoms with Crippen molar-refractivity contribution in [3.8, 4) is 0 Å². The van der Waals surface area contributed by atoms with Gasteiger partial charge in [-0.05, 0) is 122 Å². The summed E-state index contributed by atoms with van der Waals surface area (Å²) in [4.78, 5) is 38.4. The van der Waals surface area contributed by atoms with E-state index in [0.29, 0.717) is 19.3 Å². The Bertz CT molecular complexity index is 1670. The molecule has 0 bridgehead atoms. The monoisotopic (exact) mass is 1120 g/mol. The summed E-state index contributed by atoms with van der Waals surface area (Å²) in [6.07, 6.45) is 95.1. The van der Waals surface area contributed by atoms with Crippen LogP contribution in [0.2, 0.25) is 0 Å². The quantitative estimate of drug-likeness (QED) is 0.0261. The molecule has 0 fully saturated rings. The van der Waals surface area contributed by atoms with Crippen LogP contribution in [0.25, 0.3) is 0 Å². The first kappa shape index (κ1) is 76.8. The van der Waals surface area contributed by atoms with E-state index in [1.54, 1.807) is 0 Å². The summed E-state index contributed by atoms with van der Waals surface area (Å²) < 4.78 is 16.9. The fourth-order valence-electron chi connectivity index (χ4n) is 9.35. The van der Waals surface area contributed by atoms with Crippen LogP contribution in [0.4, 0.5) is 0 Å². The van der Waals surface area contributed by atoms with E-state index in [1.165, 1.54) is 180 Å². The van der Waals surface area contributed by atoms with Crippen LogP contribution in [0.5, 0.6) is 0 Å². The van der Waals surface area contributed by atoms with Crippen molar-refractivity contribution in [3.05, 3.63) is 122 Å². The van der Waals surface area contributed by atoms with Crippen LogP contribution in [0.15, 0.2) is 122 Å². The van der Waals surface area contributed by atoms with E-state index >= 15 is 0 Å². The number of unbranched alkanes of at least 4 members (excludes halogenated alkanes) is 30. The number of esters is 3. The number of allylic oxidation sites excluding steroid dienone is 20. The molecule has 0 aromatic carbocycles. The van der Waals surface area contributed by atoms with Crippen molar-refractivity contribution in [2.45, 2.75) is 322 Å². The molecule has 0 amide bonds. The Morgan fingerprint density at radius 3 is 0.815 bits per heavy atom. The van der Waals surface area contributed by atoms with Crippen molar-refractivity contribution in [1.82, 2.24) is 0 Å². The predicted octanol–water partition coefficient (Wildman–Crippen LogP) is 23.6. The second-order valence-electron chi connectivity index (χ2n) is 22.3. The van der Waals surface area contributed by atoms with Gasteiger partial charge in [-0.2, -0.15) is 0 Å². The lowest BCUT2D eigenvalue weighted by atomic mass is 10.1. The van der Waals surface area contributed by atoms with Crippen LogP contribution in [0.1, 0.15) is 316 Å². The summed E-state index contributed by atoms with van der Waals surface area (Å²) in [5, 5.41) is 0. The van der Waals surface area contributed by atoms with Crippen molar-refractivity contribution < 1.29 is 28.6 Å². The maximum Gasteiger partial charge on any atom is 0.306 e. The van der Waals surface area contributed by atoms with Crippen LogP contribution in [-0.2, 0) is 28.6 Å². The molecule has 0 spiro atoms. The second-order valence-corrected chi connectivity index (χ2v) is 22.3. The van der Waals surface area contributed by atoms with Gasteiger partial charge in [0.2, 0.25) is 0 Å². The van der Waals surface area contributed by atoms with Crippen LogP contribution in [0, 0.1) is 0 Å². The summed E-state index contributed by atoms with van der Waals surface area (Å²) in [5.41, 5.74) is 0. The molecule has 81 heavy (non-hydrogen) atoms. The Kier molecular flexibility index (Phi) is 64.8. The largest absolute Gasteiger partial charge is 0.462 e. The molecule has 0 aromatic rings. The average Bonchev–Trinajstić information content (AvgIpc) is 3.47. The summed E-state index contributed by atoms with van der Waals surface area (Å²) in [5.74, 6) is -0.994. The molecule has 0 aliphatic carbocycles. The Morgan fingerprint density at radius 2 is 0.506 bits per heavy atom. The fraction of sp³-hybridized carbons (Fsp3) is 0.693. The lowest BCUT2D eigenvalue weighted by Crippen LogP contribution is -2.30. The van der Waals surface area contributed by atoms with E-state index in [0.717, 1.165) is 89.9 Å². The maximum absolute atomic E-state index is 12.9. The topological polar surface area (TPSA) is 78.9 Å². The Morgan fingerprint density at radius 1 is 0.259 bits per heavy atom. The zero-order valence-corrected chi connectivity index (χ0v) is 53.0. The molecule has 0 saturated carbocycles. The van der Waals surface area contributed by atoms with Gasteiger partial charge in [0.1, 0.15) is 13.2 Å². The lowest BCUT2D eigenvalue weighted by Gasteiger charge is -2.18. The van der Waals surface area contributed by atoms with E-state index in [9.17, 15) is 14.4 Å². The highest BCUT2D eigenvalue weighted by molar-refractivity contribution is 5.71. The first-order valence-corrected chi connectivity index (χ1v) is 34.0. The van der Waals surface area contributed by atoms with Gasteiger partial charge in [0.15, 0.2) is 6.10 Å². The predicted molar refractivity (Wildman–Crippen MR) is 353 cm³/mol. The summed E-state index contributed by atoms with van der Waals surface area (Å²) in [6.45, 7) is 6.47. The number of carbonyl (C=O) groups is 3. The van der Waals surface area contributed by atoms with Crippen LogP contribution in [0.3, 0.4) is 0 Å². The molecular formula is C75H126O6. The number of carbonyl (C=O) groups excluding carboxylic acids is 3. The average molecular weight is 1120 g/mol. The van der Waals surface area contributed by atoms with Gasteiger partial charge in [-0.3, -0.25) is 14.4 Å². The Hall–Kier alpha value is -4.19. The van der Waals surface area contributed by atoms with E-state index in [2.05, 4.69) is 136 Å². The summed E-state index contributed by atoms with van der Waals surface area (Å²) in [6, 6.07) is 0. The fourth-order valence-corrected chi connectivity index (χ4v) is 9.35. The highest BCUT2D eigenvalue weighted by Crippen LogP contribution is 2.16. The molecule has 1 unspecified atom stereocenters. The minimum absolute atomic E-state index is 0.112. The molecule has 0 N–H and O–H groups in total. The van der Waals surface area contributed by atoms with Crippen molar-refractivity contribution in [2.75, 3.05) is 13.2 Å². The third kappa shape index (κ3) is 66.5. The standard InChI is InChI=1S/C75H126O6/c1-4-7-10-13-16-19-22-25-28-31-34-35-36-37-38-39-42-44-47-50-53-56-59-62-65-68-74(77)80-71-72(81-75(78)69-66-63-60-57-54-51-48-45-41-33-30-27-24-21-18-15-12-9-6-3)70-79-73(76)67-64-61-58-55-52-49-46-43-40-32-29-26-23-20-17-14-11-8-5-2/h9,12,18,21-22,25-27,29-31,34,36-37,41,45,51,54,60,63,72H,4-8,10-11,13-17,19-20,23-24,28,32-33,35,38-40,42-44,46-50,52-53,55-59,61-62,64-71H2,1-3H3/b12-9-,21-18-,25-22-,29-26-,30-27-,34-31-,37-36-,45-41-,54-51-,63-60-. The number of rotatable bonds is 61. The minimum atomic E-state index is -0.826. The molecule has 0 heterocycles. The number of hydrogen-bond acceptors (Lipinski definition) is 6. The zero-order valence-electron chi connectivity index (χ0n) is 53.0. The van der Waals surface area contributed by atoms with Gasteiger partial charge in [0.05, 0.1) is 0 Å². The van der Waals surface area contributed by atoms with E-state index < -0.39 is 12.1 Å². The molecule has 1 atom stereocenters. The van der Waals surface area contributed by atoms with Crippen LogP contribution < -0.4 is 0 Å².